The molecule has 33 heavy (non-hydrogen) atoms. The first-order valence-corrected chi connectivity index (χ1v) is 11.7. The minimum atomic E-state index is -0.608. The van der Waals surface area contributed by atoms with Crippen LogP contribution in [0, 0.1) is 0 Å². The van der Waals surface area contributed by atoms with Crippen LogP contribution in [0.15, 0.2) is 66.6 Å². The van der Waals surface area contributed by atoms with Gasteiger partial charge in [0.2, 0.25) is 5.91 Å². The van der Waals surface area contributed by atoms with Crippen LogP contribution in [0.2, 0.25) is 5.02 Å². The average Bonchev–Trinajstić information content (AvgIpc) is 3.01. The number of likely N-dealkylation sites (tertiary alicyclic amines) is 1. The number of rotatable bonds is 2. The Bertz CT molecular complexity index is 1270. The molecule has 1 amide bonds. The fourth-order valence-corrected chi connectivity index (χ4v) is 4.99. The van der Waals surface area contributed by atoms with Crippen LogP contribution < -0.4 is 0 Å². The monoisotopic (exact) mass is 455 g/mol. The number of nitrogens with zero attached hydrogens (tertiary/aromatic N) is 3. The first kappa shape index (κ1) is 21.6. The molecule has 3 aromatic rings. The third-order valence-electron chi connectivity index (χ3n) is 6.73. The summed E-state index contributed by atoms with van der Waals surface area (Å²) in [6.07, 6.45) is 11.2. The molecule has 1 aliphatic heterocycles. The number of piperidine rings is 1. The van der Waals surface area contributed by atoms with Gasteiger partial charge in [0.1, 0.15) is 0 Å². The molecule has 0 N–H and O–H groups in total. The number of amides is 1. The van der Waals surface area contributed by atoms with Crippen LogP contribution in [0.25, 0.3) is 17.7 Å². The van der Waals surface area contributed by atoms with Gasteiger partial charge in [0.05, 0.1) is 11.1 Å². The fraction of sp³-hybridized carbons (Fsp3) is 0.250. The average molecular weight is 456 g/mol. The highest BCUT2D eigenvalue weighted by Crippen LogP contribution is 2.39. The standard InChI is InChI=1S/C28H26ClN3O/c1-28(2,22-6-4-13-30-18-22)27(33)32-15-11-19(12-16-32)25-24-10-9-23(29)17-21(24)8-7-20-5-3-14-31-26(20)25/h3-10,13-14,17-18H,11-12,15-16H2,1-2H3. The van der Waals surface area contributed by atoms with Crippen LogP contribution in [0.4, 0.5) is 0 Å². The minimum absolute atomic E-state index is 0.146. The molecular weight excluding hydrogens is 430 g/mol. The molecular formula is C28H26ClN3O. The van der Waals surface area contributed by atoms with E-state index in [2.05, 4.69) is 29.3 Å². The highest BCUT2D eigenvalue weighted by molar-refractivity contribution is 6.30. The Balaban J connectivity index is 1.48. The van der Waals surface area contributed by atoms with Gasteiger partial charge in [-0.05, 0) is 67.6 Å². The molecule has 166 valence electrons. The van der Waals surface area contributed by atoms with E-state index in [0.717, 1.165) is 45.8 Å². The quantitative estimate of drug-likeness (QED) is 0.371. The predicted molar refractivity (Wildman–Crippen MR) is 134 cm³/mol. The van der Waals surface area contributed by atoms with Gasteiger partial charge in [0.15, 0.2) is 0 Å². The van der Waals surface area contributed by atoms with Gasteiger partial charge >= 0.3 is 0 Å². The molecule has 2 aromatic heterocycles. The number of carbonyl (C=O) groups excluding carboxylic acids is 1. The highest BCUT2D eigenvalue weighted by atomic mass is 35.5. The van der Waals surface area contributed by atoms with Gasteiger partial charge < -0.3 is 4.90 Å². The molecule has 4 nitrogen and oxygen atoms in total. The fourth-order valence-electron chi connectivity index (χ4n) is 4.81. The van der Waals surface area contributed by atoms with Crippen molar-refractivity contribution < 1.29 is 4.79 Å². The van der Waals surface area contributed by atoms with Crippen molar-refractivity contribution in [2.24, 2.45) is 0 Å². The molecule has 1 aromatic carbocycles. The van der Waals surface area contributed by atoms with Crippen molar-refractivity contribution in [1.29, 1.82) is 0 Å². The third-order valence-corrected chi connectivity index (χ3v) is 6.96. The van der Waals surface area contributed by atoms with Crippen molar-refractivity contribution in [3.63, 3.8) is 0 Å². The SMILES string of the molecule is CC(C)(C(=O)N1CCC(=C2c3ccc(Cl)cc3C=Cc3cccnc32)CC1)c1cccnc1. The lowest BCUT2D eigenvalue weighted by atomic mass is 9.83. The lowest BCUT2D eigenvalue weighted by Crippen LogP contribution is -2.46. The van der Waals surface area contributed by atoms with E-state index in [1.165, 1.54) is 11.1 Å². The van der Waals surface area contributed by atoms with Crippen LogP contribution in [0.3, 0.4) is 0 Å². The van der Waals surface area contributed by atoms with Crippen LogP contribution in [-0.2, 0) is 10.2 Å². The number of hydrogen-bond donors (Lipinski definition) is 0. The molecule has 5 rings (SSSR count). The highest BCUT2D eigenvalue weighted by Gasteiger charge is 2.35. The normalized spacial score (nSPS) is 15.7. The lowest BCUT2D eigenvalue weighted by molar-refractivity contribution is -0.136. The number of carbonyl (C=O) groups is 1. The van der Waals surface area contributed by atoms with E-state index in [9.17, 15) is 4.79 Å². The first-order chi connectivity index (χ1) is 15.9. The van der Waals surface area contributed by atoms with Crippen molar-refractivity contribution >= 4 is 35.2 Å². The summed E-state index contributed by atoms with van der Waals surface area (Å²) < 4.78 is 0. The molecule has 0 unspecified atom stereocenters. The number of hydrogen-bond acceptors (Lipinski definition) is 3. The summed E-state index contributed by atoms with van der Waals surface area (Å²) in [5.41, 5.74) is 7.20. The number of fused-ring (bicyclic) bond motifs is 2. The van der Waals surface area contributed by atoms with E-state index in [1.54, 1.807) is 12.4 Å². The second-order valence-corrected chi connectivity index (χ2v) is 9.58. The van der Waals surface area contributed by atoms with Gasteiger partial charge in [0, 0.05) is 47.8 Å². The molecule has 0 radical (unpaired) electrons. The molecule has 2 aliphatic rings. The minimum Gasteiger partial charge on any atom is -0.341 e. The number of pyridine rings is 2. The van der Waals surface area contributed by atoms with Crippen molar-refractivity contribution in [1.82, 2.24) is 14.9 Å². The summed E-state index contributed by atoms with van der Waals surface area (Å²) in [4.78, 5) is 24.4. The summed E-state index contributed by atoms with van der Waals surface area (Å²) in [5, 5.41) is 0.722. The Labute approximate surface area is 199 Å². The Morgan fingerprint density at radius 3 is 2.52 bits per heavy atom. The van der Waals surface area contributed by atoms with Crippen LogP contribution >= 0.6 is 11.6 Å². The van der Waals surface area contributed by atoms with Crippen LogP contribution in [0.1, 0.15) is 54.6 Å². The summed E-state index contributed by atoms with van der Waals surface area (Å²) in [6, 6.07) is 14.0. The topological polar surface area (TPSA) is 46.1 Å². The molecule has 0 bridgehead atoms. The Morgan fingerprint density at radius 1 is 1.00 bits per heavy atom. The van der Waals surface area contributed by atoms with E-state index >= 15 is 0 Å². The number of aromatic nitrogens is 2. The van der Waals surface area contributed by atoms with Crippen molar-refractivity contribution in [3.05, 3.63) is 99.6 Å². The van der Waals surface area contributed by atoms with Crippen LogP contribution in [0.5, 0.6) is 0 Å². The van der Waals surface area contributed by atoms with Crippen molar-refractivity contribution in [2.75, 3.05) is 13.1 Å². The Morgan fingerprint density at radius 2 is 1.76 bits per heavy atom. The van der Waals surface area contributed by atoms with Gasteiger partial charge in [-0.2, -0.15) is 0 Å². The second-order valence-electron chi connectivity index (χ2n) is 9.14. The van der Waals surface area contributed by atoms with Crippen LogP contribution in [-0.4, -0.2) is 33.9 Å². The van der Waals surface area contributed by atoms with E-state index in [-0.39, 0.29) is 5.91 Å². The van der Waals surface area contributed by atoms with Gasteiger partial charge in [-0.1, -0.05) is 47.5 Å². The van der Waals surface area contributed by atoms with Gasteiger partial charge in [-0.25, -0.2) is 0 Å². The van der Waals surface area contributed by atoms with Gasteiger partial charge in [-0.3, -0.25) is 14.8 Å². The summed E-state index contributed by atoms with van der Waals surface area (Å²) in [5.74, 6) is 0.146. The summed E-state index contributed by atoms with van der Waals surface area (Å²) in [7, 11) is 0. The maximum absolute atomic E-state index is 13.4. The van der Waals surface area contributed by atoms with Gasteiger partial charge in [0.25, 0.3) is 0 Å². The predicted octanol–water partition coefficient (Wildman–Crippen LogP) is 6.02. The third kappa shape index (κ3) is 4.00. The van der Waals surface area contributed by atoms with E-state index in [4.69, 9.17) is 16.6 Å². The van der Waals surface area contributed by atoms with E-state index < -0.39 is 5.41 Å². The van der Waals surface area contributed by atoms with Crippen molar-refractivity contribution in [2.45, 2.75) is 32.1 Å². The zero-order valence-electron chi connectivity index (χ0n) is 18.9. The molecule has 0 saturated carbocycles. The summed E-state index contributed by atoms with van der Waals surface area (Å²) >= 11 is 6.31. The zero-order chi connectivity index (χ0) is 23.0. The van der Waals surface area contributed by atoms with Crippen molar-refractivity contribution in [3.8, 4) is 0 Å². The maximum Gasteiger partial charge on any atom is 0.232 e. The molecule has 1 aliphatic carbocycles. The second kappa shape index (κ2) is 8.60. The number of halogens is 1. The zero-order valence-corrected chi connectivity index (χ0v) is 19.6. The molecule has 1 fully saturated rings. The largest absolute Gasteiger partial charge is 0.341 e. The number of benzene rings is 1. The maximum atomic E-state index is 13.4. The van der Waals surface area contributed by atoms with Gasteiger partial charge in [-0.15, -0.1) is 0 Å². The Hall–Kier alpha value is -3.24. The van der Waals surface area contributed by atoms with E-state index in [1.807, 2.05) is 55.3 Å². The Kier molecular flexibility index (Phi) is 5.63. The molecule has 3 heterocycles. The van der Waals surface area contributed by atoms with E-state index in [0.29, 0.717) is 13.1 Å². The molecule has 5 heteroatoms. The molecule has 1 saturated heterocycles. The smallest absolute Gasteiger partial charge is 0.232 e. The molecule has 0 atom stereocenters. The summed E-state index contributed by atoms with van der Waals surface area (Å²) in [6.45, 7) is 5.36. The molecule has 0 spiro atoms. The lowest BCUT2D eigenvalue weighted by Gasteiger charge is -2.36. The first-order valence-electron chi connectivity index (χ1n) is 11.3.